The number of amides is 2. The van der Waals surface area contributed by atoms with Crippen LogP contribution in [-0.2, 0) is 17.9 Å². The Morgan fingerprint density at radius 3 is 2.64 bits per heavy atom. The van der Waals surface area contributed by atoms with Crippen LogP contribution in [0.1, 0.15) is 45.2 Å². The van der Waals surface area contributed by atoms with Gasteiger partial charge >= 0.3 is 6.03 Å². The lowest BCUT2D eigenvalue weighted by Gasteiger charge is -2.19. The van der Waals surface area contributed by atoms with Crippen LogP contribution in [0.2, 0.25) is 0 Å². The molecule has 0 fully saturated rings. The molecular formula is C17H28N2O3. The van der Waals surface area contributed by atoms with Crippen LogP contribution < -0.4 is 10.6 Å². The average Bonchev–Trinajstić information content (AvgIpc) is 2.43. The van der Waals surface area contributed by atoms with Gasteiger partial charge in [-0.25, -0.2) is 4.79 Å². The van der Waals surface area contributed by atoms with Crippen molar-refractivity contribution in [1.29, 1.82) is 0 Å². The molecule has 124 valence electrons. The molecule has 5 nitrogen and oxygen atoms in total. The van der Waals surface area contributed by atoms with Crippen molar-refractivity contribution < 1.29 is 14.6 Å². The van der Waals surface area contributed by atoms with Gasteiger partial charge in [0.1, 0.15) is 0 Å². The van der Waals surface area contributed by atoms with E-state index in [1.807, 2.05) is 52.0 Å². The molecule has 0 bridgehead atoms. The molecule has 0 aromatic heterocycles. The van der Waals surface area contributed by atoms with Gasteiger partial charge in [-0.15, -0.1) is 0 Å². The second-order valence-corrected chi connectivity index (χ2v) is 6.46. The maximum absolute atomic E-state index is 11.7. The fraction of sp³-hybridized carbons (Fsp3) is 0.588. The summed E-state index contributed by atoms with van der Waals surface area (Å²) in [7, 11) is 0. The standard InChI is InChI=1S/C17H28N2O3/c1-13(8-9-20)19-16(21)18-11-14-6-5-7-15(10-14)12-22-17(2,3)4/h5-7,10,13,20H,8-9,11-12H2,1-4H3,(H2,18,19,21)/t13-/m1/s1. The van der Waals surface area contributed by atoms with Crippen molar-refractivity contribution >= 4 is 6.03 Å². The Bertz CT molecular complexity index is 469. The van der Waals surface area contributed by atoms with E-state index in [4.69, 9.17) is 9.84 Å². The zero-order valence-electron chi connectivity index (χ0n) is 14.0. The fourth-order valence-corrected chi connectivity index (χ4v) is 1.85. The molecule has 1 aromatic carbocycles. The zero-order chi connectivity index (χ0) is 16.6. The first-order valence-electron chi connectivity index (χ1n) is 7.67. The van der Waals surface area contributed by atoms with Gasteiger partial charge in [0, 0.05) is 19.2 Å². The first kappa shape index (κ1) is 18.5. The van der Waals surface area contributed by atoms with Crippen LogP contribution in [-0.4, -0.2) is 29.4 Å². The molecule has 0 aliphatic carbocycles. The van der Waals surface area contributed by atoms with E-state index >= 15 is 0 Å². The molecule has 0 unspecified atom stereocenters. The minimum absolute atomic E-state index is 0.0449. The van der Waals surface area contributed by atoms with Crippen molar-refractivity contribution in [3.8, 4) is 0 Å². The van der Waals surface area contributed by atoms with E-state index in [-0.39, 0.29) is 24.3 Å². The average molecular weight is 308 g/mol. The first-order valence-corrected chi connectivity index (χ1v) is 7.67. The maximum atomic E-state index is 11.7. The largest absolute Gasteiger partial charge is 0.396 e. The van der Waals surface area contributed by atoms with E-state index in [2.05, 4.69) is 10.6 Å². The molecule has 1 aromatic rings. The predicted molar refractivity (Wildman–Crippen MR) is 87.5 cm³/mol. The lowest BCUT2D eigenvalue weighted by Crippen LogP contribution is -2.40. The number of urea groups is 1. The number of hydrogen-bond donors (Lipinski definition) is 3. The molecule has 0 aliphatic rings. The number of aliphatic hydroxyl groups excluding tert-OH is 1. The highest BCUT2D eigenvalue weighted by Gasteiger charge is 2.10. The minimum Gasteiger partial charge on any atom is -0.396 e. The number of benzene rings is 1. The quantitative estimate of drug-likeness (QED) is 0.725. The fourth-order valence-electron chi connectivity index (χ4n) is 1.85. The van der Waals surface area contributed by atoms with Crippen molar-refractivity contribution in [1.82, 2.24) is 10.6 Å². The lowest BCUT2D eigenvalue weighted by atomic mass is 10.1. The van der Waals surface area contributed by atoms with Gasteiger partial charge in [0.05, 0.1) is 12.2 Å². The van der Waals surface area contributed by atoms with Crippen LogP contribution in [0.5, 0.6) is 0 Å². The van der Waals surface area contributed by atoms with E-state index < -0.39 is 0 Å². The van der Waals surface area contributed by atoms with Gasteiger partial charge in [0.2, 0.25) is 0 Å². The number of hydrogen-bond acceptors (Lipinski definition) is 3. The zero-order valence-corrected chi connectivity index (χ0v) is 14.0. The van der Waals surface area contributed by atoms with Crippen LogP contribution in [0.25, 0.3) is 0 Å². The summed E-state index contributed by atoms with van der Waals surface area (Å²) in [6, 6.07) is 7.71. The minimum atomic E-state index is -0.225. The van der Waals surface area contributed by atoms with Crippen LogP contribution in [0.4, 0.5) is 4.79 Å². The Morgan fingerprint density at radius 2 is 2.00 bits per heavy atom. The summed E-state index contributed by atoms with van der Waals surface area (Å²) in [6.07, 6.45) is 0.549. The van der Waals surface area contributed by atoms with Gasteiger partial charge in [0.25, 0.3) is 0 Å². The number of aliphatic hydroxyl groups is 1. The summed E-state index contributed by atoms with van der Waals surface area (Å²) in [5, 5.41) is 14.4. The normalized spacial score (nSPS) is 12.8. The molecule has 5 heteroatoms. The Morgan fingerprint density at radius 1 is 1.32 bits per heavy atom. The number of rotatable bonds is 7. The Labute approximate surface area is 133 Å². The Kier molecular flexibility index (Phi) is 7.35. The van der Waals surface area contributed by atoms with Crippen molar-refractivity contribution in [2.24, 2.45) is 0 Å². The monoisotopic (exact) mass is 308 g/mol. The van der Waals surface area contributed by atoms with Gasteiger partial charge in [0.15, 0.2) is 0 Å². The lowest BCUT2D eigenvalue weighted by molar-refractivity contribution is -0.0149. The van der Waals surface area contributed by atoms with Crippen LogP contribution in [0, 0.1) is 0 Å². The third-order valence-electron chi connectivity index (χ3n) is 3.06. The van der Waals surface area contributed by atoms with E-state index in [0.717, 1.165) is 11.1 Å². The van der Waals surface area contributed by atoms with Crippen molar-refractivity contribution in [3.63, 3.8) is 0 Å². The molecule has 0 aliphatic heterocycles. The van der Waals surface area contributed by atoms with E-state index in [9.17, 15) is 4.79 Å². The van der Waals surface area contributed by atoms with Crippen molar-refractivity contribution in [3.05, 3.63) is 35.4 Å². The summed E-state index contributed by atoms with van der Waals surface area (Å²) in [6.45, 7) is 9.01. The molecule has 0 radical (unpaired) electrons. The second-order valence-electron chi connectivity index (χ2n) is 6.46. The third-order valence-corrected chi connectivity index (χ3v) is 3.06. The van der Waals surface area contributed by atoms with Gasteiger partial charge in [-0.1, -0.05) is 24.3 Å². The summed E-state index contributed by atoms with van der Waals surface area (Å²) in [5.41, 5.74) is 1.94. The highest BCUT2D eigenvalue weighted by Crippen LogP contribution is 2.13. The number of carbonyl (C=O) groups excluding carboxylic acids is 1. The summed E-state index contributed by atoms with van der Waals surface area (Å²) in [5.74, 6) is 0. The van der Waals surface area contributed by atoms with E-state index in [1.165, 1.54) is 0 Å². The molecule has 1 rings (SSSR count). The van der Waals surface area contributed by atoms with Gasteiger partial charge < -0.3 is 20.5 Å². The first-order chi connectivity index (χ1) is 10.3. The molecule has 22 heavy (non-hydrogen) atoms. The Balaban J connectivity index is 2.44. The Hall–Kier alpha value is -1.59. The van der Waals surface area contributed by atoms with Crippen LogP contribution >= 0.6 is 0 Å². The van der Waals surface area contributed by atoms with Crippen molar-refractivity contribution in [2.75, 3.05) is 6.61 Å². The van der Waals surface area contributed by atoms with Crippen LogP contribution in [0.15, 0.2) is 24.3 Å². The summed E-state index contributed by atoms with van der Waals surface area (Å²) < 4.78 is 5.75. The molecule has 1 atom stereocenters. The highest BCUT2D eigenvalue weighted by atomic mass is 16.5. The molecule has 3 N–H and O–H groups in total. The number of ether oxygens (including phenoxy) is 1. The third kappa shape index (κ3) is 8.00. The van der Waals surface area contributed by atoms with Gasteiger partial charge in [-0.3, -0.25) is 0 Å². The molecule has 0 saturated heterocycles. The molecular weight excluding hydrogens is 280 g/mol. The van der Waals surface area contributed by atoms with E-state index in [1.54, 1.807) is 0 Å². The highest BCUT2D eigenvalue weighted by molar-refractivity contribution is 5.74. The maximum Gasteiger partial charge on any atom is 0.315 e. The molecule has 2 amide bonds. The summed E-state index contributed by atoms with van der Waals surface area (Å²) >= 11 is 0. The summed E-state index contributed by atoms with van der Waals surface area (Å²) in [4.78, 5) is 11.7. The smallest absolute Gasteiger partial charge is 0.315 e. The van der Waals surface area contributed by atoms with Gasteiger partial charge in [-0.05, 0) is 45.2 Å². The van der Waals surface area contributed by atoms with E-state index in [0.29, 0.717) is 19.6 Å². The number of carbonyl (C=O) groups is 1. The predicted octanol–water partition coefficient (Wildman–Crippen LogP) is 2.57. The number of nitrogens with one attached hydrogen (secondary N) is 2. The van der Waals surface area contributed by atoms with Crippen molar-refractivity contribution in [2.45, 2.75) is 58.9 Å². The topological polar surface area (TPSA) is 70.6 Å². The van der Waals surface area contributed by atoms with Gasteiger partial charge in [-0.2, -0.15) is 0 Å². The molecule has 0 heterocycles. The SMILES string of the molecule is C[C@H](CCO)NC(=O)NCc1cccc(COC(C)(C)C)c1. The van der Waals surface area contributed by atoms with Crippen LogP contribution in [0.3, 0.4) is 0 Å². The molecule has 0 saturated carbocycles. The second kappa shape index (κ2) is 8.76. The molecule has 0 spiro atoms.